The van der Waals surface area contributed by atoms with Crippen LogP contribution in [0.3, 0.4) is 0 Å². The van der Waals surface area contributed by atoms with Crippen LogP contribution in [0.4, 0.5) is 10.7 Å². The third-order valence-electron chi connectivity index (χ3n) is 3.54. The van der Waals surface area contributed by atoms with Crippen molar-refractivity contribution < 1.29 is 27.4 Å². The van der Waals surface area contributed by atoms with Gasteiger partial charge in [0.25, 0.3) is 15.9 Å². The molecule has 0 radical (unpaired) electrons. The molecule has 3 aromatic heterocycles. The zero-order chi connectivity index (χ0) is 21.0. The van der Waals surface area contributed by atoms with Crippen molar-refractivity contribution in [3.8, 4) is 17.6 Å². The maximum Gasteiger partial charge on any atom is 0.335 e. The van der Waals surface area contributed by atoms with Gasteiger partial charge >= 0.3 is 6.03 Å². The molecule has 29 heavy (non-hydrogen) atoms. The lowest BCUT2D eigenvalue weighted by molar-refractivity contribution is 0.256. The molecule has 0 aliphatic carbocycles. The SMILES string of the molecule is CCOc1nc2ccccn2c1S(=O)(=O)NC(=O)Nc1nc(OC)cc(OC)n1. The van der Waals surface area contributed by atoms with Gasteiger partial charge in [-0.05, 0) is 19.1 Å². The van der Waals surface area contributed by atoms with Gasteiger partial charge in [-0.25, -0.2) is 9.52 Å². The standard InChI is InChI=1S/C16H18N6O6S/c1-4-28-13-14(22-8-6-5-7-10(22)17-13)29(24,25)21-16(23)20-15-18-11(26-2)9-12(19-15)27-3/h5-9H,4H2,1-3H3,(H2,18,19,20,21,23). The van der Waals surface area contributed by atoms with Gasteiger partial charge < -0.3 is 14.2 Å². The topological polar surface area (TPSA) is 146 Å². The van der Waals surface area contributed by atoms with Crippen LogP contribution in [0.5, 0.6) is 17.6 Å². The van der Waals surface area contributed by atoms with E-state index in [9.17, 15) is 13.2 Å². The highest BCUT2D eigenvalue weighted by molar-refractivity contribution is 7.90. The first-order chi connectivity index (χ1) is 13.9. The van der Waals surface area contributed by atoms with Crippen molar-refractivity contribution in [3.05, 3.63) is 30.5 Å². The van der Waals surface area contributed by atoms with E-state index in [0.717, 1.165) is 0 Å². The van der Waals surface area contributed by atoms with Gasteiger partial charge in [-0.2, -0.15) is 23.4 Å². The van der Waals surface area contributed by atoms with Crippen molar-refractivity contribution >= 4 is 27.6 Å². The maximum absolute atomic E-state index is 12.8. The molecule has 0 atom stereocenters. The van der Waals surface area contributed by atoms with Gasteiger partial charge in [0.1, 0.15) is 5.65 Å². The average Bonchev–Trinajstić information content (AvgIpc) is 3.06. The summed E-state index contributed by atoms with van der Waals surface area (Å²) in [5.41, 5.74) is 0.345. The number of aromatic nitrogens is 4. The predicted molar refractivity (Wildman–Crippen MR) is 101 cm³/mol. The Labute approximate surface area is 165 Å². The van der Waals surface area contributed by atoms with E-state index in [-0.39, 0.29) is 35.2 Å². The first-order valence-corrected chi connectivity index (χ1v) is 9.77. The molecule has 0 saturated heterocycles. The third-order valence-corrected chi connectivity index (χ3v) is 4.88. The maximum atomic E-state index is 12.8. The summed E-state index contributed by atoms with van der Waals surface area (Å²) in [6, 6.07) is 5.24. The van der Waals surface area contributed by atoms with Crippen molar-refractivity contribution in [1.82, 2.24) is 24.1 Å². The largest absolute Gasteiger partial charge is 0.481 e. The predicted octanol–water partition coefficient (Wildman–Crippen LogP) is 1.05. The summed E-state index contributed by atoms with van der Waals surface area (Å²) in [7, 11) is -1.61. The van der Waals surface area contributed by atoms with E-state index in [2.05, 4.69) is 20.3 Å². The van der Waals surface area contributed by atoms with E-state index in [4.69, 9.17) is 14.2 Å². The fourth-order valence-electron chi connectivity index (χ4n) is 2.39. The molecule has 3 rings (SSSR count). The Morgan fingerprint density at radius 3 is 2.45 bits per heavy atom. The number of rotatable bonds is 7. The van der Waals surface area contributed by atoms with E-state index in [1.807, 2.05) is 4.72 Å². The molecule has 0 aromatic carbocycles. The number of nitrogens with zero attached hydrogens (tertiary/aromatic N) is 4. The number of carbonyl (C=O) groups is 1. The number of hydrogen-bond donors (Lipinski definition) is 2. The number of sulfonamides is 1. The number of urea groups is 1. The van der Waals surface area contributed by atoms with Gasteiger partial charge in [0, 0.05) is 6.20 Å². The Bertz CT molecular complexity index is 1120. The molecule has 13 heteroatoms. The molecular formula is C16H18N6O6S. The van der Waals surface area contributed by atoms with Crippen LogP contribution in [0.15, 0.2) is 35.5 Å². The molecular weight excluding hydrogens is 404 g/mol. The van der Waals surface area contributed by atoms with Crippen LogP contribution in [0.25, 0.3) is 5.65 Å². The van der Waals surface area contributed by atoms with Gasteiger partial charge in [-0.1, -0.05) is 6.07 Å². The Morgan fingerprint density at radius 1 is 1.14 bits per heavy atom. The molecule has 0 unspecified atom stereocenters. The Kier molecular flexibility index (Phi) is 5.68. The molecule has 12 nitrogen and oxygen atoms in total. The number of nitrogens with one attached hydrogen (secondary N) is 2. The molecule has 0 bridgehead atoms. The summed E-state index contributed by atoms with van der Waals surface area (Å²) in [5.74, 6) is -0.0961. The van der Waals surface area contributed by atoms with Crippen LogP contribution in [-0.4, -0.2) is 54.6 Å². The minimum Gasteiger partial charge on any atom is -0.481 e. The van der Waals surface area contributed by atoms with Crippen LogP contribution < -0.4 is 24.2 Å². The number of amides is 2. The summed E-state index contributed by atoms with van der Waals surface area (Å²) in [6.07, 6.45) is 1.49. The molecule has 2 N–H and O–H groups in total. The number of carbonyl (C=O) groups excluding carboxylic acids is 1. The van der Waals surface area contributed by atoms with Crippen molar-refractivity contribution in [2.24, 2.45) is 0 Å². The second-order valence-electron chi connectivity index (χ2n) is 5.42. The van der Waals surface area contributed by atoms with Gasteiger partial charge in [-0.3, -0.25) is 9.72 Å². The molecule has 0 aliphatic rings. The van der Waals surface area contributed by atoms with Gasteiger partial charge in [0.2, 0.25) is 22.7 Å². The highest BCUT2D eigenvalue weighted by Gasteiger charge is 2.28. The number of methoxy groups -OCH3 is 2. The fraction of sp³-hybridized carbons (Fsp3) is 0.250. The fourth-order valence-corrected chi connectivity index (χ4v) is 3.53. The van der Waals surface area contributed by atoms with Crippen molar-refractivity contribution in [1.29, 1.82) is 0 Å². The molecule has 154 valence electrons. The molecule has 3 aromatic rings. The molecule has 3 heterocycles. The molecule has 0 spiro atoms. The second-order valence-corrected chi connectivity index (χ2v) is 7.02. The number of anilines is 1. The van der Waals surface area contributed by atoms with E-state index in [1.165, 1.54) is 30.9 Å². The van der Waals surface area contributed by atoms with Gasteiger partial charge in [-0.15, -0.1) is 0 Å². The lowest BCUT2D eigenvalue weighted by Gasteiger charge is -2.10. The quantitative estimate of drug-likeness (QED) is 0.570. The van der Waals surface area contributed by atoms with Crippen LogP contribution >= 0.6 is 0 Å². The Balaban J connectivity index is 1.89. The van der Waals surface area contributed by atoms with Crippen molar-refractivity contribution in [2.75, 3.05) is 26.1 Å². The number of pyridine rings is 1. The van der Waals surface area contributed by atoms with Gasteiger partial charge in [0.15, 0.2) is 0 Å². The van der Waals surface area contributed by atoms with Crippen LogP contribution in [0, 0.1) is 0 Å². The highest BCUT2D eigenvalue weighted by Crippen LogP contribution is 2.25. The summed E-state index contributed by atoms with van der Waals surface area (Å²) in [6.45, 7) is 1.88. The van der Waals surface area contributed by atoms with Crippen LogP contribution in [-0.2, 0) is 10.0 Å². The molecule has 0 fully saturated rings. The van der Waals surface area contributed by atoms with Crippen LogP contribution in [0.1, 0.15) is 6.92 Å². The minimum absolute atomic E-state index is 0.121. The number of imidazole rings is 1. The van der Waals surface area contributed by atoms with Crippen molar-refractivity contribution in [2.45, 2.75) is 11.9 Å². The average molecular weight is 422 g/mol. The lowest BCUT2D eigenvalue weighted by Crippen LogP contribution is -2.35. The third kappa shape index (κ3) is 4.29. The molecule has 0 saturated carbocycles. The van der Waals surface area contributed by atoms with E-state index >= 15 is 0 Å². The minimum atomic E-state index is -4.35. The summed E-state index contributed by atoms with van der Waals surface area (Å²) < 4.78 is 44.2. The first-order valence-electron chi connectivity index (χ1n) is 8.28. The smallest absolute Gasteiger partial charge is 0.335 e. The van der Waals surface area contributed by atoms with Crippen LogP contribution in [0.2, 0.25) is 0 Å². The van der Waals surface area contributed by atoms with Gasteiger partial charge in [0.05, 0.1) is 26.9 Å². The number of ether oxygens (including phenoxy) is 3. The second kappa shape index (κ2) is 8.18. The summed E-state index contributed by atoms with van der Waals surface area (Å²) in [4.78, 5) is 24.2. The highest BCUT2D eigenvalue weighted by atomic mass is 32.2. The first kappa shape index (κ1) is 20.1. The van der Waals surface area contributed by atoms with E-state index in [0.29, 0.717) is 5.65 Å². The summed E-state index contributed by atoms with van der Waals surface area (Å²) in [5, 5.41) is 1.92. The molecule has 0 aliphatic heterocycles. The normalized spacial score (nSPS) is 11.1. The zero-order valence-electron chi connectivity index (χ0n) is 15.7. The monoisotopic (exact) mass is 422 g/mol. The Morgan fingerprint density at radius 2 is 1.83 bits per heavy atom. The van der Waals surface area contributed by atoms with E-state index < -0.39 is 16.1 Å². The number of hydrogen-bond acceptors (Lipinski definition) is 9. The zero-order valence-corrected chi connectivity index (χ0v) is 16.6. The Hall–Kier alpha value is -3.61. The molecule has 2 amide bonds. The van der Waals surface area contributed by atoms with Crippen molar-refractivity contribution in [3.63, 3.8) is 0 Å². The summed E-state index contributed by atoms with van der Waals surface area (Å²) >= 11 is 0. The van der Waals surface area contributed by atoms with E-state index in [1.54, 1.807) is 25.1 Å². The lowest BCUT2D eigenvalue weighted by atomic mass is 10.5. The number of fused-ring (bicyclic) bond motifs is 1.